The third kappa shape index (κ3) is 5.10. The predicted octanol–water partition coefficient (Wildman–Crippen LogP) is 4.01. The molecule has 0 saturated heterocycles. The highest BCUT2D eigenvalue weighted by atomic mass is 79.9. The Morgan fingerprint density at radius 1 is 1.04 bits per heavy atom. The monoisotopic (exact) mass is 444 g/mol. The van der Waals surface area contributed by atoms with E-state index in [1.165, 1.54) is 28.5 Å². The quantitative estimate of drug-likeness (QED) is 0.387. The lowest BCUT2D eigenvalue weighted by Gasteiger charge is -2.14. The lowest BCUT2D eigenvalue weighted by molar-refractivity contribution is 0.210. The minimum atomic E-state index is 0.385. The van der Waals surface area contributed by atoms with Crippen LogP contribution in [-0.4, -0.2) is 41.4 Å². The maximum absolute atomic E-state index is 5.87. The van der Waals surface area contributed by atoms with Crippen LogP contribution in [-0.2, 0) is 0 Å². The van der Waals surface area contributed by atoms with Gasteiger partial charge in [-0.3, -0.25) is 0 Å². The molecular formula is C20H21BrN4O3. The molecule has 2 aromatic carbocycles. The van der Waals surface area contributed by atoms with Gasteiger partial charge in [-0.05, 0) is 70.7 Å². The van der Waals surface area contributed by atoms with Gasteiger partial charge in [-0.2, -0.15) is 5.10 Å². The van der Waals surface area contributed by atoms with Crippen LogP contribution in [0.15, 0.2) is 52.6 Å². The van der Waals surface area contributed by atoms with E-state index in [-0.39, 0.29) is 0 Å². The lowest BCUT2D eigenvalue weighted by atomic mass is 10.1. The number of rotatable bonds is 8. The van der Waals surface area contributed by atoms with Crippen LogP contribution in [0.3, 0.4) is 0 Å². The summed E-state index contributed by atoms with van der Waals surface area (Å²) in [6.45, 7) is 4.95. The molecule has 0 radical (unpaired) electrons. The zero-order valence-electron chi connectivity index (χ0n) is 15.9. The van der Waals surface area contributed by atoms with Gasteiger partial charge in [0.2, 0.25) is 0 Å². The fourth-order valence-electron chi connectivity index (χ4n) is 2.45. The highest BCUT2D eigenvalue weighted by Crippen LogP contribution is 2.36. The van der Waals surface area contributed by atoms with Gasteiger partial charge in [-0.15, -0.1) is 10.2 Å². The molecule has 0 unspecified atom stereocenters. The van der Waals surface area contributed by atoms with Crippen molar-refractivity contribution in [1.29, 1.82) is 0 Å². The van der Waals surface area contributed by atoms with E-state index >= 15 is 0 Å². The van der Waals surface area contributed by atoms with Crippen molar-refractivity contribution in [2.75, 3.05) is 20.3 Å². The molecule has 0 fully saturated rings. The molecule has 0 spiro atoms. The number of hydrogen-bond acceptors (Lipinski definition) is 6. The Morgan fingerprint density at radius 2 is 1.79 bits per heavy atom. The molecule has 0 bridgehead atoms. The number of halogens is 1. The van der Waals surface area contributed by atoms with Crippen molar-refractivity contribution < 1.29 is 14.2 Å². The van der Waals surface area contributed by atoms with E-state index in [2.05, 4.69) is 45.1 Å². The topological polar surface area (TPSA) is 70.8 Å². The highest BCUT2D eigenvalue weighted by molar-refractivity contribution is 9.10. The maximum Gasteiger partial charge on any atom is 0.175 e. The van der Waals surface area contributed by atoms with E-state index < -0.39 is 0 Å². The van der Waals surface area contributed by atoms with Gasteiger partial charge in [0.15, 0.2) is 11.5 Å². The third-order valence-corrected chi connectivity index (χ3v) is 4.66. The number of benzene rings is 2. The molecule has 3 aromatic rings. The summed E-state index contributed by atoms with van der Waals surface area (Å²) in [5.41, 5.74) is 3.29. The fraction of sp³-hybridized carbons (Fsp3) is 0.250. The second-order valence-corrected chi connectivity index (χ2v) is 6.92. The van der Waals surface area contributed by atoms with Crippen LogP contribution in [0.2, 0.25) is 0 Å². The molecule has 0 aliphatic rings. The molecular weight excluding hydrogens is 424 g/mol. The Hall–Kier alpha value is -2.87. The Balaban J connectivity index is 1.62. The highest BCUT2D eigenvalue weighted by Gasteiger charge is 2.11. The molecule has 0 atom stereocenters. The van der Waals surface area contributed by atoms with Gasteiger partial charge < -0.3 is 14.2 Å². The summed E-state index contributed by atoms with van der Waals surface area (Å²) in [5, 5.41) is 11.6. The fourth-order valence-corrected chi connectivity index (χ4v) is 3.02. The largest absolute Gasteiger partial charge is 0.493 e. The third-order valence-electron chi connectivity index (χ3n) is 4.08. The molecule has 0 N–H and O–H groups in total. The van der Waals surface area contributed by atoms with Gasteiger partial charge in [-0.1, -0.05) is 6.07 Å². The molecule has 0 aliphatic heterocycles. The summed E-state index contributed by atoms with van der Waals surface area (Å²) >= 11 is 3.53. The van der Waals surface area contributed by atoms with E-state index in [1.54, 1.807) is 13.3 Å². The molecule has 1 heterocycles. The average molecular weight is 445 g/mol. The molecule has 28 heavy (non-hydrogen) atoms. The summed E-state index contributed by atoms with van der Waals surface area (Å²) in [4.78, 5) is 0. The summed E-state index contributed by atoms with van der Waals surface area (Å²) < 4.78 is 19.4. The minimum absolute atomic E-state index is 0.385. The average Bonchev–Trinajstić information content (AvgIpc) is 3.20. The van der Waals surface area contributed by atoms with Gasteiger partial charge in [0.05, 0.1) is 17.8 Å². The van der Waals surface area contributed by atoms with Crippen molar-refractivity contribution >= 4 is 22.1 Å². The zero-order chi connectivity index (χ0) is 19.9. The first-order valence-corrected chi connectivity index (χ1v) is 9.45. The van der Waals surface area contributed by atoms with Gasteiger partial charge in [0, 0.05) is 0 Å². The Labute approximate surface area is 172 Å². The Kier molecular flexibility index (Phi) is 6.65. The molecule has 0 aliphatic carbocycles. The first-order chi connectivity index (χ1) is 13.6. The molecule has 1 aromatic heterocycles. The van der Waals surface area contributed by atoms with Gasteiger partial charge >= 0.3 is 0 Å². The number of aryl methyl sites for hydroxylation is 2. The first kappa shape index (κ1) is 19.9. The molecule has 0 amide bonds. The van der Waals surface area contributed by atoms with Crippen LogP contribution in [0.25, 0.3) is 0 Å². The van der Waals surface area contributed by atoms with Crippen LogP contribution < -0.4 is 14.2 Å². The van der Waals surface area contributed by atoms with Crippen molar-refractivity contribution in [3.8, 4) is 17.2 Å². The Morgan fingerprint density at radius 3 is 2.50 bits per heavy atom. The first-order valence-electron chi connectivity index (χ1n) is 8.66. The zero-order valence-corrected chi connectivity index (χ0v) is 17.5. The van der Waals surface area contributed by atoms with Crippen LogP contribution >= 0.6 is 15.9 Å². The summed E-state index contributed by atoms with van der Waals surface area (Å²) in [5.74, 6) is 2.05. The summed E-state index contributed by atoms with van der Waals surface area (Å²) in [7, 11) is 1.60. The molecule has 7 nitrogen and oxygen atoms in total. The second-order valence-electron chi connectivity index (χ2n) is 6.06. The number of nitrogens with zero attached hydrogens (tertiary/aromatic N) is 4. The van der Waals surface area contributed by atoms with E-state index in [4.69, 9.17) is 14.2 Å². The molecule has 146 valence electrons. The number of aromatic nitrogens is 3. The normalized spacial score (nSPS) is 11.0. The smallest absolute Gasteiger partial charge is 0.175 e. The van der Waals surface area contributed by atoms with Crippen molar-refractivity contribution in [3.63, 3.8) is 0 Å². The van der Waals surface area contributed by atoms with Gasteiger partial charge in [0.25, 0.3) is 0 Å². The Bertz CT molecular complexity index is 958. The number of hydrogen-bond donors (Lipinski definition) is 0. The SMILES string of the molecule is COc1cc(C=Nn2cnnc2)cc(Br)c1OCCOc1ccc(C)c(C)c1. The van der Waals surface area contributed by atoms with Crippen LogP contribution in [0, 0.1) is 13.8 Å². The number of methoxy groups -OCH3 is 1. The van der Waals surface area contributed by atoms with Crippen molar-refractivity contribution in [2.45, 2.75) is 13.8 Å². The molecule has 0 saturated carbocycles. The van der Waals surface area contributed by atoms with E-state index in [9.17, 15) is 0 Å². The van der Waals surface area contributed by atoms with Crippen molar-refractivity contribution in [3.05, 3.63) is 64.1 Å². The van der Waals surface area contributed by atoms with Crippen LogP contribution in [0.1, 0.15) is 16.7 Å². The van der Waals surface area contributed by atoms with Gasteiger partial charge in [0.1, 0.15) is 31.6 Å². The summed E-state index contributed by atoms with van der Waals surface area (Å²) in [6.07, 6.45) is 4.70. The van der Waals surface area contributed by atoms with E-state index in [0.717, 1.165) is 15.8 Å². The molecule has 3 rings (SSSR count). The molecule has 8 heteroatoms. The summed E-state index contributed by atoms with van der Waals surface area (Å²) in [6, 6.07) is 9.78. The maximum atomic E-state index is 5.87. The second kappa shape index (κ2) is 9.36. The predicted molar refractivity (Wildman–Crippen MR) is 111 cm³/mol. The minimum Gasteiger partial charge on any atom is -0.493 e. The van der Waals surface area contributed by atoms with Crippen molar-refractivity contribution in [1.82, 2.24) is 14.9 Å². The standard InChI is InChI=1S/C20H21BrN4O3/c1-14-4-5-17(8-15(14)2)27-6-7-28-20-18(21)9-16(10-19(20)26-3)11-24-25-12-22-23-13-25/h4-5,8-13H,6-7H2,1-3H3. The number of ether oxygens (including phenoxy) is 3. The van der Waals surface area contributed by atoms with Crippen LogP contribution in [0.5, 0.6) is 17.2 Å². The van der Waals surface area contributed by atoms with E-state index in [1.807, 2.05) is 30.3 Å². The van der Waals surface area contributed by atoms with E-state index in [0.29, 0.717) is 24.7 Å². The van der Waals surface area contributed by atoms with Crippen LogP contribution in [0.4, 0.5) is 0 Å². The lowest BCUT2D eigenvalue weighted by Crippen LogP contribution is -2.10. The van der Waals surface area contributed by atoms with Gasteiger partial charge in [-0.25, -0.2) is 4.68 Å². The van der Waals surface area contributed by atoms with Crippen molar-refractivity contribution in [2.24, 2.45) is 5.10 Å².